The molecule has 29 heavy (non-hydrogen) atoms. The summed E-state index contributed by atoms with van der Waals surface area (Å²) in [5.74, 6) is -2.34. The molecule has 0 aliphatic carbocycles. The zero-order valence-electron chi connectivity index (χ0n) is 15.8. The van der Waals surface area contributed by atoms with Crippen LogP contribution in [0.1, 0.15) is 31.5 Å². The maximum atomic E-state index is 13.0. The van der Waals surface area contributed by atoms with Crippen molar-refractivity contribution in [3.63, 3.8) is 0 Å². The maximum absolute atomic E-state index is 13.0. The van der Waals surface area contributed by atoms with E-state index in [1.165, 1.54) is 24.3 Å². The van der Waals surface area contributed by atoms with E-state index in [0.29, 0.717) is 10.9 Å². The summed E-state index contributed by atoms with van der Waals surface area (Å²) in [7, 11) is 0. The predicted molar refractivity (Wildman–Crippen MR) is 104 cm³/mol. The van der Waals surface area contributed by atoms with Gasteiger partial charge in [-0.2, -0.15) is 4.68 Å². The molecule has 2 atom stereocenters. The average molecular weight is 396 g/mol. The second kappa shape index (κ2) is 8.09. The summed E-state index contributed by atoms with van der Waals surface area (Å²) in [6.07, 6.45) is 0. The van der Waals surface area contributed by atoms with Crippen LogP contribution < -0.4 is 10.9 Å². The number of benzene rings is 2. The Bertz CT molecular complexity index is 1110. The summed E-state index contributed by atoms with van der Waals surface area (Å²) in [6, 6.07) is 9.70. The van der Waals surface area contributed by atoms with Crippen LogP contribution in [0, 0.1) is 5.92 Å². The third-order valence-electron chi connectivity index (χ3n) is 4.51. The van der Waals surface area contributed by atoms with Gasteiger partial charge < -0.3 is 15.5 Å². The Morgan fingerprint density at radius 3 is 2.34 bits per heavy atom. The third-order valence-corrected chi connectivity index (χ3v) is 4.51. The number of nitrogens with zero attached hydrogens (tertiary/aromatic N) is 3. The van der Waals surface area contributed by atoms with E-state index in [1.807, 2.05) is 0 Å². The van der Waals surface area contributed by atoms with E-state index < -0.39 is 29.5 Å². The molecule has 0 saturated carbocycles. The van der Waals surface area contributed by atoms with Gasteiger partial charge in [0.05, 0.1) is 5.39 Å². The minimum absolute atomic E-state index is 0.0257. The molecule has 2 unspecified atom stereocenters. The van der Waals surface area contributed by atoms with Crippen LogP contribution in [0.25, 0.3) is 10.9 Å². The number of carboxylic acid groups (broad SMARTS) is 1. The molecule has 9 heteroatoms. The highest BCUT2D eigenvalue weighted by atomic mass is 16.4. The molecule has 0 aliphatic rings. The SMILES string of the molecule is CC(C)C(C(=O)NC(C(=O)O)c1ccc(O)cc1)n1nnc2ccccc2c1=O. The summed E-state index contributed by atoms with van der Waals surface area (Å²) in [5.41, 5.74) is 0.202. The molecule has 3 N–H and O–H groups in total. The summed E-state index contributed by atoms with van der Waals surface area (Å²) in [5, 5.41) is 29.6. The molecule has 3 rings (SSSR count). The molecular formula is C20H20N4O5. The van der Waals surface area contributed by atoms with Gasteiger partial charge in [0.2, 0.25) is 5.91 Å². The fraction of sp³-hybridized carbons (Fsp3) is 0.250. The van der Waals surface area contributed by atoms with E-state index in [-0.39, 0.29) is 17.2 Å². The van der Waals surface area contributed by atoms with E-state index in [9.17, 15) is 24.6 Å². The molecule has 1 aromatic heterocycles. The van der Waals surface area contributed by atoms with Crippen molar-refractivity contribution in [3.8, 4) is 5.75 Å². The summed E-state index contributed by atoms with van der Waals surface area (Å²) >= 11 is 0. The molecule has 0 saturated heterocycles. The van der Waals surface area contributed by atoms with Crippen molar-refractivity contribution in [2.75, 3.05) is 0 Å². The monoisotopic (exact) mass is 396 g/mol. The number of amides is 1. The number of aromatic nitrogens is 3. The molecule has 3 aromatic rings. The van der Waals surface area contributed by atoms with Crippen LogP contribution >= 0.6 is 0 Å². The number of carbonyl (C=O) groups is 2. The lowest BCUT2D eigenvalue weighted by Gasteiger charge is -2.23. The molecular weight excluding hydrogens is 376 g/mol. The highest BCUT2D eigenvalue weighted by Crippen LogP contribution is 2.21. The van der Waals surface area contributed by atoms with Crippen molar-refractivity contribution in [2.24, 2.45) is 5.92 Å². The first kappa shape index (κ1) is 20.0. The number of phenolic OH excluding ortho intramolecular Hbond substituents is 1. The Morgan fingerprint density at radius 2 is 1.72 bits per heavy atom. The van der Waals surface area contributed by atoms with Gasteiger partial charge in [-0.25, -0.2) is 4.79 Å². The highest BCUT2D eigenvalue weighted by molar-refractivity contribution is 5.87. The lowest BCUT2D eigenvalue weighted by atomic mass is 10.0. The van der Waals surface area contributed by atoms with Crippen LogP contribution in [-0.4, -0.2) is 37.1 Å². The second-order valence-electron chi connectivity index (χ2n) is 6.92. The number of aromatic hydroxyl groups is 1. The molecule has 0 aliphatic heterocycles. The van der Waals surface area contributed by atoms with Gasteiger partial charge in [0.25, 0.3) is 5.56 Å². The molecule has 150 valence electrons. The van der Waals surface area contributed by atoms with Gasteiger partial charge in [-0.3, -0.25) is 9.59 Å². The third kappa shape index (κ3) is 4.08. The minimum atomic E-state index is -1.35. The van der Waals surface area contributed by atoms with Crippen LogP contribution in [0.5, 0.6) is 5.75 Å². The van der Waals surface area contributed by atoms with Gasteiger partial charge in [0, 0.05) is 0 Å². The Hall–Kier alpha value is -3.75. The van der Waals surface area contributed by atoms with Crippen molar-refractivity contribution >= 4 is 22.8 Å². The Morgan fingerprint density at radius 1 is 1.07 bits per heavy atom. The first-order chi connectivity index (χ1) is 13.8. The topological polar surface area (TPSA) is 134 Å². The minimum Gasteiger partial charge on any atom is -0.508 e. The van der Waals surface area contributed by atoms with Gasteiger partial charge in [-0.1, -0.05) is 43.3 Å². The van der Waals surface area contributed by atoms with Gasteiger partial charge in [0.15, 0.2) is 6.04 Å². The van der Waals surface area contributed by atoms with E-state index in [0.717, 1.165) is 4.68 Å². The number of fused-ring (bicyclic) bond motifs is 1. The van der Waals surface area contributed by atoms with Crippen LogP contribution in [0.3, 0.4) is 0 Å². The molecule has 1 heterocycles. The lowest BCUT2D eigenvalue weighted by molar-refractivity contribution is -0.143. The zero-order chi connectivity index (χ0) is 21.1. The van der Waals surface area contributed by atoms with Crippen LogP contribution in [-0.2, 0) is 9.59 Å². The van der Waals surface area contributed by atoms with Gasteiger partial charge >= 0.3 is 5.97 Å². The Balaban J connectivity index is 1.98. The molecule has 9 nitrogen and oxygen atoms in total. The first-order valence-electron chi connectivity index (χ1n) is 8.96. The molecule has 0 fully saturated rings. The van der Waals surface area contributed by atoms with Crippen LogP contribution in [0.4, 0.5) is 0 Å². The Labute approximate surface area is 165 Å². The molecule has 0 radical (unpaired) electrons. The number of carboxylic acids is 1. The van der Waals surface area contributed by atoms with Crippen molar-refractivity contribution in [3.05, 3.63) is 64.4 Å². The summed E-state index contributed by atoms with van der Waals surface area (Å²) < 4.78 is 0.984. The van der Waals surface area contributed by atoms with Crippen molar-refractivity contribution in [1.29, 1.82) is 0 Å². The zero-order valence-corrected chi connectivity index (χ0v) is 15.8. The standard InChI is InChI=1S/C20H20N4O5/c1-11(2)17(24-19(27)14-5-3-4-6-15(14)22-23-24)18(26)21-16(20(28)29)12-7-9-13(25)10-8-12/h3-11,16-17,25H,1-2H3,(H,21,26)(H,28,29). The number of carbonyl (C=O) groups excluding carboxylic acids is 1. The second-order valence-corrected chi connectivity index (χ2v) is 6.92. The quantitative estimate of drug-likeness (QED) is 0.576. The number of rotatable bonds is 6. The maximum Gasteiger partial charge on any atom is 0.330 e. The number of hydrogen-bond donors (Lipinski definition) is 3. The normalized spacial score (nSPS) is 13.2. The van der Waals surface area contributed by atoms with E-state index in [4.69, 9.17) is 0 Å². The largest absolute Gasteiger partial charge is 0.508 e. The number of hydrogen-bond acceptors (Lipinski definition) is 6. The fourth-order valence-electron chi connectivity index (χ4n) is 3.06. The van der Waals surface area contributed by atoms with Crippen molar-refractivity contribution in [1.82, 2.24) is 20.3 Å². The highest BCUT2D eigenvalue weighted by Gasteiger charge is 2.31. The van der Waals surface area contributed by atoms with Crippen molar-refractivity contribution < 1.29 is 19.8 Å². The molecule has 0 bridgehead atoms. The number of phenols is 1. The Kier molecular flexibility index (Phi) is 5.58. The predicted octanol–water partition coefficient (Wildman–Crippen LogP) is 1.64. The number of nitrogens with one attached hydrogen (secondary N) is 1. The molecule has 0 spiro atoms. The molecule has 1 amide bonds. The first-order valence-corrected chi connectivity index (χ1v) is 8.96. The van der Waals surface area contributed by atoms with E-state index >= 15 is 0 Å². The average Bonchev–Trinajstić information content (AvgIpc) is 2.68. The smallest absolute Gasteiger partial charge is 0.330 e. The summed E-state index contributed by atoms with van der Waals surface area (Å²) in [4.78, 5) is 37.5. The van der Waals surface area contributed by atoms with Gasteiger partial charge in [0.1, 0.15) is 17.3 Å². The van der Waals surface area contributed by atoms with Crippen molar-refractivity contribution in [2.45, 2.75) is 25.9 Å². The van der Waals surface area contributed by atoms with E-state index in [2.05, 4.69) is 15.6 Å². The summed E-state index contributed by atoms with van der Waals surface area (Å²) in [6.45, 7) is 3.45. The fourth-order valence-corrected chi connectivity index (χ4v) is 3.06. The van der Waals surface area contributed by atoms with Gasteiger partial charge in [-0.15, -0.1) is 5.10 Å². The number of aliphatic carboxylic acids is 1. The molecule has 2 aromatic carbocycles. The lowest BCUT2D eigenvalue weighted by Crippen LogP contribution is -2.44. The van der Waals surface area contributed by atoms with Crippen LogP contribution in [0.15, 0.2) is 53.3 Å². The van der Waals surface area contributed by atoms with E-state index in [1.54, 1.807) is 38.1 Å². The van der Waals surface area contributed by atoms with Gasteiger partial charge in [-0.05, 0) is 35.7 Å². The van der Waals surface area contributed by atoms with Crippen LogP contribution in [0.2, 0.25) is 0 Å².